The fraction of sp³-hybridized carbons (Fsp3) is 0.526. The number of rotatable bonds is 4. The molecule has 1 fully saturated rings. The summed E-state index contributed by atoms with van der Waals surface area (Å²) in [6, 6.07) is 5.74. The first-order chi connectivity index (χ1) is 11.2. The minimum Gasteiger partial charge on any atom is -0.352 e. The van der Waals surface area contributed by atoms with E-state index in [1.807, 2.05) is 36.0 Å². The molecule has 4 heteroatoms. The predicted molar refractivity (Wildman–Crippen MR) is 96.1 cm³/mol. The van der Waals surface area contributed by atoms with Gasteiger partial charge < -0.3 is 9.88 Å². The Kier molecular flexibility index (Phi) is 5.27. The number of benzene rings is 1. The summed E-state index contributed by atoms with van der Waals surface area (Å²) in [5.74, 6) is 0.756. The molecule has 3 rings (SSSR count). The van der Waals surface area contributed by atoms with Gasteiger partial charge in [0.05, 0.1) is 16.1 Å². The molecule has 1 aliphatic rings. The number of carbonyl (C=O) groups is 1. The lowest BCUT2D eigenvalue weighted by Crippen LogP contribution is -2.25. The van der Waals surface area contributed by atoms with Gasteiger partial charge in [-0.05, 0) is 24.5 Å². The van der Waals surface area contributed by atoms with Crippen LogP contribution in [-0.4, -0.2) is 17.0 Å². The standard InChI is InChI=1S/C19H25ClN2O/c1-22-13-15(18-16(20)9-6-10-17(18)22)19(23)21-12-11-14-7-4-2-3-5-8-14/h6,9-10,13-14H,2-5,7-8,11-12H2,1H3,(H,21,23). The summed E-state index contributed by atoms with van der Waals surface area (Å²) >= 11 is 6.30. The third-order valence-electron chi connectivity index (χ3n) is 5.02. The van der Waals surface area contributed by atoms with E-state index in [0.717, 1.165) is 29.8 Å². The Bertz CT molecular complexity index is 684. The van der Waals surface area contributed by atoms with Crippen LogP contribution in [0.25, 0.3) is 10.9 Å². The largest absolute Gasteiger partial charge is 0.352 e. The van der Waals surface area contributed by atoms with E-state index in [1.165, 1.54) is 38.5 Å². The Morgan fingerprint density at radius 2 is 2.00 bits per heavy atom. The van der Waals surface area contributed by atoms with Crippen molar-refractivity contribution in [3.8, 4) is 0 Å². The van der Waals surface area contributed by atoms with Crippen LogP contribution in [0.2, 0.25) is 5.02 Å². The average molecular weight is 333 g/mol. The molecule has 1 aliphatic carbocycles. The summed E-state index contributed by atoms with van der Waals surface area (Å²) in [6.45, 7) is 0.754. The summed E-state index contributed by atoms with van der Waals surface area (Å²) < 4.78 is 1.96. The first-order valence-electron chi connectivity index (χ1n) is 8.68. The number of hydrogen-bond donors (Lipinski definition) is 1. The molecule has 0 unspecified atom stereocenters. The summed E-state index contributed by atoms with van der Waals surface area (Å²) in [5, 5.41) is 4.58. The van der Waals surface area contributed by atoms with Crippen molar-refractivity contribution < 1.29 is 4.79 Å². The first kappa shape index (κ1) is 16.4. The van der Waals surface area contributed by atoms with Gasteiger partial charge in [-0.25, -0.2) is 0 Å². The molecule has 1 amide bonds. The van der Waals surface area contributed by atoms with E-state index < -0.39 is 0 Å². The third kappa shape index (κ3) is 3.72. The molecule has 0 radical (unpaired) electrons. The van der Waals surface area contributed by atoms with Crippen molar-refractivity contribution in [2.24, 2.45) is 13.0 Å². The molecular weight excluding hydrogens is 308 g/mol. The SMILES string of the molecule is Cn1cc(C(=O)NCCC2CCCCCC2)c2c(Cl)cccc21. The number of amides is 1. The molecule has 1 saturated carbocycles. The summed E-state index contributed by atoms with van der Waals surface area (Å²) in [7, 11) is 1.95. The molecular formula is C19H25ClN2O. The van der Waals surface area contributed by atoms with E-state index in [2.05, 4.69) is 5.32 Å². The van der Waals surface area contributed by atoms with Gasteiger partial charge in [0.15, 0.2) is 0 Å². The van der Waals surface area contributed by atoms with Crippen LogP contribution in [-0.2, 0) is 7.05 Å². The summed E-state index contributed by atoms with van der Waals surface area (Å²) in [4.78, 5) is 12.6. The van der Waals surface area contributed by atoms with Gasteiger partial charge in [-0.1, -0.05) is 56.2 Å². The second kappa shape index (κ2) is 7.39. The van der Waals surface area contributed by atoms with Gasteiger partial charge in [0.1, 0.15) is 0 Å². The lowest BCUT2D eigenvalue weighted by molar-refractivity contribution is 0.0952. The number of aromatic nitrogens is 1. The van der Waals surface area contributed by atoms with Crippen LogP contribution in [0.4, 0.5) is 0 Å². The van der Waals surface area contributed by atoms with Gasteiger partial charge in [-0.3, -0.25) is 4.79 Å². The predicted octanol–water partition coefficient (Wildman–Crippen LogP) is 4.92. The molecule has 0 bridgehead atoms. The summed E-state index contributed by atoms with van der Waals surface area (Å²) in [6.07, 6.45) is 11.0. The third-order valence-corrected chi connectivity index (χ3v) is 5.34. The zero-order valence-electron chi connectivity index (χ0n) is 13.8. The Morgan fingerprint density at radius 1 is 1.26 bits per heavy atom. The highest BCUT2D eigenvalue weighted by molar-refractivity contribution is 6.36. The van der Waals surface area contributed by atoms with Gasteiger partial charge in [-0.2, -0.15) is 0 Å². The van der Waals surface area contributed by atoms with Crippen molar-refractivity contribution in [2.45, 2.75) is 44.9 Å². The Morgan fingerprint density at radius 3 is 2.74 bits per heavy atom. The minimum absolute atomic E-state index is 0.0164. The molecule has 1 N–H and O–H groups in total. The smallest absolute Gasteiger partial charge is 0.253 e. The number of carbonyl (C=O) groups excluding carboxylic acids is 1. The van der Waals surface area contributed by atoms with Crippen molar-refractivity contribution in [3.63, 3.8) is 0 Å². The fourth-order valence-electron chi connectivity index (χ4n) is 3.71. The second-order valence-electron chi connectivity index (χ2n) is 6.69. The van der Waals surface area contributed by atoms with Crippen LogP contribution in [0.5, 0.6) is 0 Å². The van der Waals surface area contributed by atoms with Gasteiger partial charge >= 0.3 is 0 Å². The van der Waals surface area contributed by atoms with E-state index in [-0.39, 0.29) is 5.91 Å². The van der Waals surface area contributed by atoms with Crippen molar-refractivity contribution in [3.05, 3.63) is 35.0 Å². The van der Waals surface area contributed by atoms with E-state index in [1.54, 1.807) is 0 Å². The maximum Gasteiger partial charge on any atom is 0.253 e. The molecule has 0 saturated heterocycles. The maximum atomic E-state index is 12.6. The number of hydrogen-bond acceptors (Lipinski definition) is 1. The van der Waals surface area contributed by atoms with E-state index in [0.29, 0.717) is 10.6 Å². The van der Waals surface area contributed by atoms with Gasteiger partial charge in [0.25, 0.3) is 5.91 Å². The molecule has 2 aromatic rings. The van der Waals surface area contributed by atoms with Crippen LogP contribution in [0.1, 0.15) is 55.3 Å². The first-order valence-corrected chi connectivity index (χ1v) is 9.06. The Labute approximate surface area is 143 Å². The van der Waals surface area contributed by atoms with Crippen LogP contribution >= 0.6 is 11.6 Å². The topological polar surface area (TPSA) is 34.0 Å². The van der Waals surface area contributed by atoms with E-state index in [9.17, 15) is 4.79 Å². The summed E-state index contributed by atoms with van der Waals surface area (Å²) in [5.41, 5.74) is 1.67. The molecule has 1 heterocycles. The maximum absolute atomic E-state index is 12.6. The monoisotopic (exact) mass is 332 g/mol. The minimum atomic E-state index is -0.0164. The number of aryl methyl sites for hydroxylation is 1. The van der Waals surface area contributed by atoms with Crippen LogP contribution in [0, 0.1) is 5.92 Å². The van der Waals surface area contributed by atoms with Crippen LogP contribution in [0.3, 0.4) is 0 Å². The Balaban J connectivity index is 1.64. The zero-order valence-corrected chi connectivity index (χ0v) is 14.5. The van der Waals surface area contributed by atoms with Crippen molar-refractivity contribution in [2.75, 3.05) is 6.54 Å². The number of fused-ring (bicyclic) bond motifs is 1. The van der Waals surface area contributed by atoms with Gasteiger partial charge in [0, 0.05) is 25.2 Å². The lowest BCUT2D eigenvalue weighted by atomic mass is 9.97. The number of nitrogens with one attached hydrogen (secondary N) is 1. The molecule has 0 aliphatic heterocycles. The molecule has 23 heavy (non-hydrogen) atoms. The van der Waals surface area contributed by atoms with Crippen molar-refractivity contribution >= 4 is 28.4 Å². The van der Waals surface area contributed by atoms with Crippen LogP contribution < -0.4 is 5.32 Å². The molecule has 124 valence electrons. The average Bonchev–Trinajstić information content (AvgIpc) is 2.72. The normalized spacial score (nSPS) is 16.4. The highest BCUT2D eigenvalue weighted by atomic mass is 35.5. The second-order valence-corrected chi connectivity index (χ2v) is 7.10. The number of halogens is 1. The molecule has 3 nitrogen and oxygen atoms in total. The van der Waals surface area contributed by atoms with E-state index in [4.69, 9.17) is 11.6 Å². The van der Waals surface area contributed by atoms with E-state index >= 15 is 0 Å². The molecule has 0 atom stereocenters. The van der Waals surface area contributed by atoms with Crippen LogP contribution in [0.15, 0.2) is 24.4 Å². The van der Waals surface area contributed by atoms with Crippen molar-refractivity contribution in [1.29, 1.82) is 0 Å². The molecule has 0 spiro atoms. The van der Waals surface area contributed by atoms with Gasteiger partial charge in [0.2, 0.25) is 0 Å². The Hall–Kier alpha value is -1.48. The molecule has 1 aromatic carbocycles. The van der Waals surface area contributed by atoms with Gasteiger partial charge in [-0.15, -0.1) is 0 Å². The van der Waals surface area contributed by atoms with Crippen molar-refractivity contribution in [1.82, 2.24) is 9.88 Å². The fourth-order valence-corrected chi connectivity index (χ4v) is 3.98. The zero-order chi connectivity index (χ0) is 16.2. The number of nitrogens with zero attached hydrogens (tertiary/aromatic N) is 1. The quantitative estimate of drug-likeness (QED) is 0.792. The highest BCUT2D eigenvalue weighted by Crippen LogP contribution is 2.28. The molecule has 1 aromatic heterocycles. The lowest BCUT2D eigenvalue weighted by Gasteiger charge is -2.14. The highest BCUT2D eigenvalue weighted by Gasteiger charge is 2.17.